The normalized spacial score (nSPS) is 18.5. The number of alkyl halides is 3. The van der Waals surface area contributed by atoms with Crippen LogP contribution in [0.1, 0.15) is 34.3 Å². The van der Waals surface area contributed by atoms with Gasteiger partial charge in [0.2, 0.25) is 0 Å². The molecule has 7 heteroatoms. The number of pyridine rings is 1. The molecule has 1 N–H and O–H groups in total. The van der Waals surface area contributed by atoms with Crippen molar-refractivity contribution < 1.29 is 18.0 Å². The number of nitrogens with one attached hydrogen (secondary N) is 1. The van der Waals surface area contributed by atoms with Gasteiger partial charge in [-0.15, -0.1) is 0 Å². The van der Waals surface area contributed by atoms with E-state index in [0.29, 0.717) is 18.7 Å². The number of halogens is 3. The Balaban J connectivity index is 1.64. The van der Waals surface area contributed by atoms with E-state index >= 15 is 0 Å². The summed E-state index contributed by atoms with van der Waals surface area (Å²) < 4.78 is 39.5. The van der Waals surface area contributed by atoms with E-state index in [1.165, 1.54) is 18.3 Å². The third-order valence-corrected chi connectivity index (χ3v) is 4.48. The number of amides is 1. The molecule has 3 rings (SSSR count). The maximum absolute atomic E-state index is 13.2. The zero-order chi connectivity index (χ0) is 18.6. The van der Waals surface area contributed by atoms with Crippen molar-refractivity contribution in [2.45, 2.75) is 31.6 Å². The monoisotopic (exact) mass is 363 g/mol. The average molecular weight is 363 g/mol. The van der Waals surface area contributed by atoms with Gasteiger partial charge in [0.25, 0.3) is 5.91 Å². The highest BCUT2D eigenvalue weighted by Crippen LogP contribution is 2.32. The van der Waals surface area contributed by atoms with Crippen LogP contribution in [0.5, 0.6) is 0 Å². The molecule has 1 atom stereocenters. The molecule has 1 saturated heterocycles. The topological polar surface area (TPSA) is 45.2 Å². The Morgan fingerprint density at radius 2 is 2.04 bits per heavy atom. The van der Waals surface area contributed by atoms with Crippen molar-refractivity contribution >= 4 is 5.91 Å². The predicted molar refractivity (Wildman–Crippen MR) is 91.4 cm³/mol. The van der Waals surface area contributed by atoms with Gasteiger partial charge in [0, 0.05) is 31.5 Å². The molecule has 26 heavy (non-hydrogen) atoms. The predicted octanol–water partition coefficient (Wildman–Crippen LogP) is 3.49. The largest absolute Gasteiger partial charge is 0.416 e. The molecule has 0 radical (unpaired) electrons. The summed E-state index contributed by atoms with van der Waals surface area (Å²) >= 11 is 0. The third-order valence-electron chi connectivity index (χ3n) is 4.48. The van der Waals surface area contributed by atoms with E-state index in [9.17, 15) is 18.0 Å². The summed E-state index contributed by atoms with van der Waals surface area (Å²) in [6.45, 7) is 1.46. The number of likely N-dealkylation sites (tertiary alicyclic amines) is 1. The number of hydrogen-bond acceptors (Lipinski definition) is 3. The van der Waals surface area contributed by atoms with Crippen molar-refractivity contribution in [3.05, 3.63) is 65.5 Å². The molecule has 1 aromatic heterocycles. The molecule has 1 aliphatic heterocycles. The van der Waals surface area contributed by atoms with Gasteiger partial charge >= 0.3 is 6.18 Å². The SMILES string of the molecule is O=C(NC1CCCN(Cc2ccccc2C(F)(F)F)C1)c1cccnc1. The van der Waals surface area contributed by atoms with Crippen LogP contribution in [0.25, 0.3) is 0 Å². The van der Waals surface area contributed by atoms with E-state index in [0.717, 1.165) is 18.9 Å². The first-order valence-corrected chi connectivity index (χ1v) is 8.52. The van der Waals surface area contributed by atoms with E-state index in [1.807, 2.05) is 4.90 Å². The summed E-state index contributed by atoms with van der Waals surface area (Å²) in [5.74, 6) is -0.208. The van der Waals surface area contributed by atoms with E-state index < -0.39 is 11.7 Å². The molecule has 0 aliphatic carbocycles. The van der Waals surface area contributed by atoms with Gasteiger partial charge in [-0.1, -0.05) is 18.2 Å². The fourth-order valence-electron chi connectivity index (χ4n) is 3.26. The van der Waals surface area contributed by atoms with Gasteiger partial charge < -0.3 is 5.32 Å². The van der Waals surface area contributed by atoms with Crippen molar-refractivity contribution in [3.63, 3.8) is 0 Å². The minimum absolute atomic E-state index is 0.0884. The maximum Gasteiger partial charge on any atom is 0.416 e. The molecule has 1 fully saturated rings. The first-order chi connectivity index (χ1) is 12.4. The van der Waals surface area contributed by atoms with Crippen LogP contribution in [0, 0.1) is 0 Å². The number of nitrogens with zero attached hydrogens (tertiary/aromatic N) is 2. The first kappa shape index (κ1) is 18.4. The van der Waals surface area contributed by atoms with Crippen molar-refractivity contribution in [2.75, 3.05) is 13.1 Å². The summed E-state index contributed by atoms with van der Waals surface area (Å²) in [6.07, 6.45) is 0.364. The number of carbonyl (C=O) groups excluding carboxylic acids is 1. The molecular formula is C19H20F3N3O. The zero-order valence-corrected chi connectivity index (χ0v) is 14.2. The Kier molecular flexibility index (Phi) is 5.56. The number of piperidine rings is 1. The number of benzene rings is 1. The average Bonchev–Trinajstić information content (AvgIpc) is 2.62. The van der Waals surface area contributed by atoms with Crippen LogP contribution in [-0.4, -0.2) is 34.9 Å². The van der Waals surface area contributed by atoms with Crippen LogP contribution in [0.2, 0.25) is 0 Å². The second-order valence-electron chi connectivity index (χ2n) is 6.44. The van der Waals surface area contributed by atoms with Gasteiger partial charge in [-0.05, 0) is 43.1 Å². The number of carbonyl (C=O) groups is 1. The molecule has 1 aliphatic rings. The Hall–Kier alpha value is -2.41. The smallest absolute Gasteiger partial charge is 0.348 e. The van der Waals surface area contributed by atoms with Gasteiger partial charge in [0.05, 0.1) is 11.1 Å². The molecular weight excluding hydrogens is 343 g/mol. The summed E-state index contributed by atoms with van der Waals surface area (Å²) in [4.78, 5) is 18.1. The second kappa shape index (κ2) is 7.86. The lowest BCUT2D eigenvalue weighted by molar-refractivity contribution is -0.138. The van der Waals surface area contributed by atoms with Crippen LogP contribution in [0.4, 0.5) is 13.2 Å². The zero-order valence-electron chi connectivity index (χ0n) is 14.2. The minimum atomic E-state index is -4.36. The van der Waals surface area contributed by atoms with E-state index in [-0.39, 0.29) is 24.1 Å². The van der Waals surface area contributed by atoms with Crippen LogP contribution in [0.15, 0.2) is 48.8 Å². The summed E-state index contributed by atoms with van der Waals surface area (Å²) in [7, 11) is 0. The van der Waals surface area contributed by atoms with Crippen LogP contribution in [0.3, 0.4) is 0 Å². The van der Waals surface area contributed by atoms with Gasteiger partial charge in [-0.25, -0.2) is 0 Å². The van der Waals surface area contributed by atoms with E-state index in [2.05, 4.69) is 10.3 Å². The Labute approximate surface area is 150 Å². The highest BCUT2D eigenvalue weighted by atomic mass is 19.4. The third kappa shape index (κ3) is 4.60. The summed E-state index contributed by atoms with van der Waals surface area (Å²) in [6, 6.07) is 8.94. The van der Waals surface area contributed by atoms with E-state index in [1.54, 1.807) is 24.4 Å². The summed E-state index contributed by atoms with van der Waals surface area (Å²) in [5, 5.41) is 2.95. The van der Waals surface area contributed by atoms with Gasteiger partial charge in [-0.2, -0.15) is 13.2 Å². The number of rotatable bonds is 4. The fourth-order valence-corrected chi connectivity index (χ4v) is 3.26. The highest BCUT2D eigenvalue weighted by Gasteiger charge is 2.33. The molecule has 1 unspecified atom stereocenters. The molecule has 138 valence electrons. The number of hydrogen-bond donors (Lipinski definition) is 1. The quantitative estimate of drug-likeness (QED) is 0.904. The summed E-state index contributed by atoms with van der Waals surface area (Å²) in [5.41, 5.74) is 0.146. The minimum Gasteiger partial charge on any atom is -0.348 e. The lowest BCUT2D eigenvalue weighted by Crippen LogP contribution is -2.47. The molecule has 1 amide bonds. The Morgan fingerprint density at radius 3 is 2.77 bits per heavy atom. The van der Waals surface area contributed by atoms with Gasteiger partial charge in [-0.3, -0.25) is 14.7 Å². The molecule has 0 spiro atoms. The molecule has 2 heterocycles. The molecule has 2 aromatic rings. The second-order valence-corrected chi connectivity index (χ2v) is 6.44. The first-order valence-electron chi connectivity index (χ1n) is 8.52. The van der Waals surface area contributed by atoms with Crippen molar-refractivity contribution in [3.8, 4) is 0 Å². The highest BCUT2D eigenvalue weighted by molar-refractivity contribution is 5.94. The molecule has 1 aromatic carbocycles. The molecule has 0 saturated carbocycles. The van der Waals surface area contributed by atoms with Crippen LogP contribution in [-0.2, 0) is 12.7 Å². The Bertz CT molecular complexity index is 749. The van der Waals surface area contributed by atoms with Gasteiger partial charge in [0.15, 0.2) is 0 Å². The van der Waals surface area contributed by atoms with E-state index in [4.69, 9.17) is 0 Å². The lowest BCUT2D eigenvalue weighted by atomic mass is 10.0. The van der Waals surface area contributed by atoms with Crippen molar-refractivity contribution in [1.29, 1.82) is 0 Å². The Morgan fingerprint density at radius 1 is 1.23 bits per heavy atom. The molecule has 4 nitrogen and oxygen atoms in total. The van der Waals surface area contributed by atoms with Crippen LogP contribution >= 0.6 is 0 Å². The van der Waals surface area contributed by atoms with Crippen molar-refractivity contribution in [1.82, 2.24) is 15.2 Å². The lowest BCUT2D eigenvalue weighted by Gasteiger charge is -2.33. The van der Waals surface area contributed by atoms with Crippen molar-refractivity contribution in [2.24, 2.45) is 0 Å². The van der Waals surface area contributed by atoms with Crippen LogP contribution < -0.4 is 5.32 Å². The fraction of sp³-hybridized carbons (Fsp3) is 0.368. The number of aromatic nitrogens is 1. The molecule has 0 bridgehead atoms. The maximum atomic E-state index is 13.2. The standard InChI is InChI=1S/C19H20F3N3O/c20-19(21,22)17-8-2-1-5-15(17)12-25-10-4-7-16(13-25)24-18(26)14-6-3-9-23-11-14/h1-3,5-6,8-9,11,16H,4,7,10,12-13H2,(H,24,26). The van der Waals surface area contributed by atoms with Gasteiger partial charge in [0.1, 0.15) is 0 Å².